The largest absolute Gasteiger partial charge is 0.380 e. The Kier molecular flexibility index (Phi) is 23.0. The second-order valence-corrected chi connectivity index (χ2v) is 9.34. The lowest BCUT2D eigenvalue weighted by Gasteiger charge is -2.34. The van der Waals surface area contributed by atoms with E-state index in [0.29, 0.717) is 59.1 Å². The van der Waals surface area contributed by atoms with E-state index in [1.54, 1.807) is 28.4 Å². The number of methoxy groups -OCH3 is 4. The van der Waals surface area contributed by atoms with Gasteiger partial charge in [-0.1, -0.05) is 35.1 Å². The predicted octanol–water partition coefficient (Wildman–Crippen LogP) is 3.43. The van der Waals surface area contributed by atoms with Crippen molar-refractivity contribution in [3.05, 3.63) is 0 Å². The van der Waals surface area contributed by atoms with Gasteiger partial charge in [0.05, 0.1) is 39.8 Å². The van der Waals surface area contributed by atoms with Crippen molar-refractivity contribution in [3.8, 4) is 0 Å². The summed E-state index contributed by atoms with van der Waals surface area (Å²) >= 11 is 0. The molecule has 0 fully saturated rings. The van der Waals surface area contributed by atoms with E-state index in [1.807, 2.05) is 0 Å². The third-order valence-corrected chi connectivity index (χ3v) is 5.58. The Hall–Kier alpha value is -0.360. The summed E-state index contributed by atoms with van der Waals surface area (Å²) in [7, 11) is 6.70. The van der Waals surface area contributed by atoms with Crippen LogP contribution >= 0.6 is 0 Å². The SMILES string of the molecule is C.CCC(COCC(C)C)(COCC(C)C(NCOC)OC)COCC(C)N(COC)COC. The predicted molar refractivity (Wildman–Crippen MR) is 137 cm³/mol. The molecule has 9 heteroatoms. The molecule has 0 amide bonds. The van der Waals surface area contributed by atoms with Crippen molar-refractivity contribution in [1.82, 2.24) is 10.2 Å². The Bertz CT molecular complexity index is 439. The Balaban J connectivity index is 0. The van der Waals surface area contributed by atoms with E-state index in [-0.39, 0.29) is 31.0 Å². The second-order valence-electron chi connectivity index (χ2n) is 9.34. The van der Waals surface area contributed by atoms with E-state index in [9.17, 15) is 0 Å². The summed E-state index contributed by atoms with van der Waals surface area (Å²) in [6.45, 7) is 15.7. The standard InChI is InChI=1S/C24H52N2O7.CH4/c1-10-24(14-31-11-20(2)3,15-32-12-21(4)23(30-9)25-17-27-6)16-33-13-22(5)26(18-28-7)19-29-8;/h20-23,25H,10-19H2,1-9H3;1H4. The maximum absolute atomic E-state index is 6.20. The fourth-order valence-electron chi connectivity index (χ4n) is 3.35. The van der Waals surface area contributed by atoms with Crippen LogP contribution in [0.5, 0.6) is 0 Å². The Labute approximate surface area is 210 Å². The molecule has 0 saturated carbocycles. The van der Waals surface area contributed by atoms with E-state index in [0.717, 1.165) is 13.0 Å². The molecule has 0 radical (unpaired) electrons. The van der Waals surface area contributed by atoms with Gasteiger partial charge in [0, 0.05) is 52.4 Å². The summed E-state index contributed by atoms with van der Waals surface area (Å²) in [6, 6.07) is 0.159. The van der Waals surface area contributed by atoms with E-state index in [1.165, 1.54) is 0 Å². The zero-order valence-electron chi connectivity index (χ0n) is 22.7. The van der Waals surface area contributed by atoms with E-state index < -0.39 is 0 Å². The molecule has 4 unspecified atom stereocenters. The van der Waals surface area contributed by atoms with Gasteiger partial charge in [0.1, 0.15) is 19.7 Å². The van der Waals surface area contributed by atoms with Crippen molar-refractivity contribution in [1.29, 1.82) is 0 Å². The number of rotatable bonds is 23. The van der Waals surface area contributed by atoms with Gasteiger partial charge in [-0.3, -0.25) is 10.2 Å². The highest BCUT2D eigenvalue weighted by Crippen LogP contribution is 2.25. The molecular weight excluding hydrogens is 440 g/mol. The van der Waals surface area contributed by atoms with Gasteiger partial charge in [-0.25, -0.2) is 0 Å². The smallest absolute Gasteiger partial charge is 0.114 e. The minimum atomic E-state index is -0.218. The zero-order valence-corrected chi connectivity index (χ0v) is 22.7. The fourth-order valence-corrected chi connectivity index (χ4v) is 3.35. The average Bonchev–Trinajstić information content (AvgIpc) is 2.78. The van der Waals surface area contributed by atoms with Crippen molar-refractivity contribution < 1.29 is 33.2 Å². The summed E-state index contributed by atoms with van der Waals surface area (Å²) < 4.78 is 39.6. The third kappa shape index (κ3) is 15.6. The van der Waals surface area contributed by atoms with Gasteiger partial charge in [-0.15, -0.1) is 0 Å². The van der Waals surface area contributed by atoms with E-state index in [4.69, 9.17) is 33.2 Å². The molecule has 0 rings (SSSR count). The molecule has 1 N–H and O–H groups in total. The Morgan fingerprint density at radius 3 is 1.74 bits per heavy atom. The van der Waals surface area contributed by atoms with Crippen LogP contribution in [-0.4, -0.2) is 105 Å². The van der Waals surface area contributed by atoms with Gasteiger partial charge in [0.15, 0.2) is 0 Å². The quantitative estimate of drug-likeness (QED) is 0.214. The molecule has 0 heterocycles. The molecule has 0 saturated heterocycles. The summed E-state index contributed by atoms with van der Waals surface area (Å²) in [6.07, 6.45) is 0.756. The first-order valence-corrected chi connectivity index (χ1v) is 12.0. The molecule has 0 bridgehead atoms. The maximum atomic E-state index is 6.20. The number of ether oxygens (including phenoxy) is 7. The topological polar surface area (TPSA) is 79.9 Å². The molecular formula is C25H56N2O7. The van der Waals surface area contributed by atoms with E-state index >= 15 is 0 Å². The van der Waals surface area contributed by atoms with Crippen LogP contribution in [0.3, 0.4) is 0 Å². The normalized spacial score (nSPS) is 16.3. The molecule has 208 valence electrons. The van der Waals surface area contributed by atoms with E-state index in [2.05, 4.69) is 44.8 Å². The minimum absolute atomic E-state index is 0. The second kappa shape index (κ2) is 21.9. The molecule has 0 aromatic carbocycles. The van der Waals surface area contributed by atoms with Crippen LogP contribution in [0.25, 0.3) is 0 Å². The number of hydrogen-bond donors (Lipinski definition) is 1. The molecule has 0 aromatic rings. The van der Waals surface area contributed by atoms with Gasteiger partial charge in [0.2, 0.25) is 0 Å². The summed E-state index contributed by atoms with van der Waals surface area (Å²) in [5.41, 5.74) is -0.218. The van der Waals surface area contributed by atoms with Crippen LogP contribution < -0.4 is 5.32 Å². The number of nitrogens with one attached hydrogen (secondary N) is 1. The van der Waals surface area contributed by atoms with Crippen molar-refractivity contribution in [2.75, 3.05) is 88.3 Å². The zero-order chi connectivity index (χ0) is 25.1. The summed E-state index contributed by atoms with van der Waals surface area (Å²) in [4.78, 5) is 2.08. The molecule has 0 aliphatic rings. The molecule has 4 atom stereocenters. The van der Waals surface area contributed by atoms with Gasteiger partial charge in [-0.2, -0.15) is 0 Å². The lowest BCUT2D eigenvalue weighted by Crippen LogP contribution is -2.43. The molecule has 0 aromatic heterocycles. The molecule has 0 aliphatic carbocycles. The number of hydrogen-bond acceptors (Lipinski definition) is 9. The van der Waals surface area contributed by atoms with Gasteiger partial charge in [0.25, 0.3) is 0 Å². The minimum Gasteiger partial charge on any atom is -0.380 e. The van der Waals surface area contributed by atoms with Crippen LogP contribution in [0.2, 0.25) is 0 Å². The van der Waals surface area contributed by atoms with Crippen LogP contribution in [-0.2, 0) is 33.2 Å². The summed E-state index contributed by atoms with van der Waals surface area (Å²) in [5.74, 6) is 0.640. The highest BCUT2D eigenvalue weighted by atomic mass is 16.5. The lowest BCUT2D eigenvalue weighted by molar-refractivity contribution is -0.103. The van der Waals surface area contributed by atoms with Crippen LogP contribution in [0.15, 0.2) is 0 Å². The van der Waals surface area contributed by atoms with Crippen molar-refractivity contribution in [2.24, 2.45) is 17.3 Å². The molecule has 0 aliphatic heterocycles. The van der Waals surface area contributed by atoms with Crippen LogP contribution in [0, 0.1) is 17.3 Å². The van der Waals surface area contributed by atoms with Crippen molar-refractivity contribution in [3.63, 3.8) is 0 Å². The first-order chi connectivity index (χ1) is 15.8. The van der Waals surface area contributed by atoms with Crippen LogP contribution in [0.1, 0.15) is 48.5 Å². The van der Waals surface area contributed by atoms with Crippen molar-refractivity contribution >= 4 is 0 Å². The first kappa shape index (κ1) is 35.8. The highest BCUT2D eigenvalue weighted by Gasteiger charge is 2.31. The monoisotopic (exact) mass is 496 g/mol. The fraction of sp³-hybridized carbons (Fsp3) is 1.00. The Morgan fingerprint density at radius 2 is 1.29 bits per heavy atom. The molecule has 0 spiro atoms. The maximum Gasteiger partial charge on any atom is 0.114 e. The van der Waals surface area contributed by atoms with Gasteiger partial charge < -0.3 is 33.2 Å². The Morgan fingerprint density at radius 1 is 0.765 bits per heavy atom. The van der Waals surface area contributed by atoms with Crippen LogP contribution in [0.4, 0.5) is 0 Å². The third-order valence-electron chi connectivity index (χ3n) is 5.58. The summed E-state index contributed by atoms with van der Waals surface area (Å²) in [5, 5.41) is 3.21. The number of nitrogens with zero attached hydrogens (tertiary/aromatic N) is 1. The first-order valence-electron chi connectivity index (χ1n) is 12.0. The molecule has 9 nitrogen and oxygen atoms in total. The highest BCUT2D eigenvalue weighted by molar-refractivity contribution is 4.79. The van der Waals surface area contributed by atoms with Crippen molar-refractivity contribution in [2.45, 2.75) is 60.7 Å². The van der Waals surface area contributed by atoms with Gasteiger partial charge in [-0.05, 0) is 19.3 Å². The van der Waals surface area contributed by atoms with Gasteiger partial charge >= 0.3 is 0 Å². The average molecular weight is 497 g/mol. The lowest BCUT2D eigenvalue weighted by atomic mass is 9.88. The molecule has 34 heavy (non-hydrogen) atoms.